The van der Waals surface area contributed by atoms with Gasteiger partial charge in [-0.15, -0.1) is 0 Å². The number of benzene rings is 2. The molecule has 0 radical (unpaired) electrons. The summed E-state index contributed by atoms with van der Waals surface area (Å²) in [5.41, 5.74) is 0.224. The van der Waals surface area contributed by atoms with Crippen LogP contribution in [0.3, 0.4) is 0 Å². The van der Waals surface area contributed by atoms with Crippen molar-refractivity contribution >= 4 is 21.6 Å². The van der Waals surface area contributed by atoms with Crippen LogP contribution in [-0.2, 0) is 14.6 Å². The molecule has 3 rings (SSSR count). The fraction of sp³-hybridized carbons (Fsp3) is 0.300. The Labute approximate surface area is 163 Å². The highest BCUT2D eigenvalue weighted by atomic mass is 32.2. The van der Waals surface area contributed by atoms with Crippen molar-refractivity contribution in [1.29, 1.82) is 0 Å². The topological polar surface area (TPSA) is 96.0 Å². The van der Waals surface area contributed by atoms with Gasteiger partial charge in [0.1, 0.15) is 0 Å². The van der Waals surface area contributed by atoms with E-state index in [2.05, 4.69) is 0 Å². The van der Waals surface area contributed by atoms with E-state index >= 15 is 0 Å². The first-order valence-electron chi connectivity index (χ1n) is 8.84. The highest BCUT2D eigenvalue weighted by Gasteiger charge is 2.22. The Kier molecular flexibility index (Phi) is 5.99. The van der Waals surface area contributed by atoms with E-state index in [0.29, 0.717) is 30.3 Å². The van der Waals surface area contributed by atoms with Crippen molar-refractivity contribution in [2.24, 2.45) is 0 Å². The molecule has 0 amide bonds. The van der Waals surface area contributed by atoms with Crippen LogP contribution in [-0.4, -0.2) is 45.7 Å². The lowest BCUT2D eigenvalue weighted by molar-refractivity contribution is 0.0471. The van der Waals surface area contributed by atoms with Gasteiger partial charge in [0.2, 0.25) is 0 Å². The maximum absolute atomic E-state index is 12.4. The molecule has 0 spiro atoms. The molecule has 0 saturated carbocycles. The third kappa shape index (κ3) is 4.33. The standard InChI is InChI=1S/C20H20O7S/c1-2-28(23,24)19-7-4-3-6-15(19)20(22)27-13-16(21)14-8-9-17-18(12-14)26-11-5-10-25-17/h3-4,6-9,12H,2,5,10-11,13H2,1H3. The highest BCUT2D eigenvalue weighted by Crippen LogP contribution is 2.30. The molecule has 7 nitrogen and oxygen atoms in total. The first-order valence-corrected chi connectivity index (χ1v) is 10.5. The van der Waals surface area contributed by atoms with E-state index in [1.165, 1.54) is 31.2 Å². The quantitative estimate of drug-likeness (QED) is 0.539. The fourth-order valence-corrected chi connectivity index (χ4v) is 3.77. The third-order valence-corrected chi connectivity index (χ3v) is 6.01. The number of fused-ring (bicyclic) bond motifs is 1. The first kappa shape index (κ1) is 19.9. The second-order valence-electron chi connectivity index (χ2n) is 6.11. The molecule has 0 fully saturated rings. The van der Waals surface area contributed by atoms with Gasteiger partial charge in [-0.05, 0) is 30.3 Å². The molecule has 8 heteroatoms. The van der Waals surface area contributed by atoms with Gasteiger partial charge in [0, 0.05) is 12.0 Å². The summed E-state index contributed by atoms with van der Waals surface area (Å²) in [6, 6.07) is 10.5. The van der Waals surface area contributed by atoms with Crippen LogP contribution in [0, 0.1) is 0 Å². The molecular weight excluding hydrogens is 384 g/mol. The average molecular weight is 404 g/mol. The van der Waals surface area contributed by atoms with Gasteiger partial charge in [-0.2, -0.15) is 0 Å². The Morgan fingerprint density at radius 2 is 1.75 bits per heavy atom. The van der Waals surface area contributed by atoms with Crippen LogP contribution in [0.5, 0.6) is 11.5 Å². The highest BCUT2D eigenvalue weighted by molar-refractivity contribution is 7.91. The SMILES string of the molecule is CCS(=O)(=O)c1ccccc1C(=O)OCC(=O)c1ccc2c(c1)OCCCO2. The first-order chi connectivity index (χ1) is 13.4. The van der Waals surface area contributed by atoms with Crippen LogP contribution < -0.4 is 9.47 Å². The van der Waals surface area contributed by atoms with Gasteiger partial charge in [0.15, 0.2) is 33.7 Å². The van der Waals surface area contributed by atoms with Gasteiger partial charge in [-0.3, -0.25) is 4.79 Å². The number of hydrogen-bond donors (Lipinski definition) is 0. The van der Waals surface area contributed by atoms with Crippen molar-refractivity contribution < 1.29 is 32.2 Å². The summed E-state index contributed by atoms with van der Waals surface area (Å²) in [6.07, 6.45) is 0.746. The van der Waals surface area contributed by atoms with Crippen LogP contribution in [0.4, 0.5) is 0 Å². The lowest BCUT2D eigenvalue weighted by Gasteiger charge is -2.10. The van der Waals surface area contributed by atoms with Gasteiger partial charge < -0.3 is 14.2 Å². The van der Waals surface area contributed by atoms with Crippen molar-refractivity contribution in [3.05, 3.63) is 53.6 Å². The van der Waals surface area contributed by atoms with Crippen molar-refractivity contribution in [2.75, 3.05) is 25.6 Å². The summed E-state index contributed by atoms with van der Waals surface area (Å²) in [4.78, 5) is 24.7. The molecule has 2 aromatic rings. The monoisotopic (exact) mass is 404 g/mol. The van der Waals surface area contributed by atoms with Gasteiger partial charge in [0.05, 0.1) is 29.4 Å². The Morgan fingerprint density at radius 3 is 2.50 bits per heavy atom. The van der Waals surface area contributed by atoms with E-state index in [-0.39, 0.29) is 16.2 Å². The summed E-state index contributed by atoms with van der Waals surface area (Å²) < 4.78 is 40.4. The second kappa shape index (κ2) is 8.43. The Bertz CT molecular complexity index is 995. The number of hydrogen-bond acceptors (Lipinski definition) is 7. The summed E-state index contributed by atoms with van der Waals surface area (Å²) in [5, 5.41) is 0. The number of sulfone groups is 1. The number of esters is 1. The lowest BCUT2D eigenvalue weighted by Crippen LogP contribution is -2.17. The number of rotatable bonds is 6. The summed E-state index contributed by atoms with van der Waals surface area (Å²) in [5.74, 6) is -0.415. The minimum Gasteiger partial charge on any atom is -0.490 e. The predicted molar refractivity (Wildman–Crippen MR) is 101 cm³/mol. The van der Waals surface area contributed by atoms with Gasteiger partial charge >= 0.3 is 5.97 Å². The van der Waals surface area contributed by atoms with Crippen LogP contribution in [0.2, 0.25) is 0 Å². The smallest absolute Gasteiger partial charge is 0.339 e. The molecule has 1 aliphatic rings. The number of ether oxygens (including phenoxy) is 3. The molecule has 148 valence electrons. The number of Topliss-reactive ketones (excluding diaryl/α,β-unsaturated/α-hetero) is 1. The second-order valence-corrected chi connectivity index (χ2v) is 8.36. The minimum absolute atomic E-state index is 0.0872. The van der Waals surface area contributed by atoms with Crippen LogP contribution in [0.15, 0.2) is 47.4 Å². The van der Waals surface area contributed by atoms with Crippen molar-refractivity contribution in [1.82, 2.24) is 0 Å². The molecule has 0 atom stereocenters. The van der Waals surface area contributed by atoms with Gasteiger partial charge in [0.25, 0.3) is 0 Å². The van der Waals surface area contributed by atoms with Gasteiger partial charge in [-0.25, -0.2) is 13.2 Å². The van der Waals surface area contributed by atoms with Crippen molar-refractivity contribution in [3.8, 4) is 11.5 Å². The number of carbonyl (C=O) groups is 2. The predicted octanol–water partition coefficient (Wildman–Crippen LogP) is 2.68. The molecule has 0 aliphatic carbocycles. The third-order valence-electron chi connectivity index (χ3n) is 4.23. The molecular formula is C20H20O7S. The number of ketones is 1. The molecule has 1 heterocycles. The fourth-order valence-electron chi connectivity index (χ4n) is 2.69. The Hall–Kier alpha value is -2.87. The molecule has 0 unspecified atom stereocenters. The van der Waals surface area contributed by atoms with E-state index in [0.717, 1.165) is 6.42 Å². The van der Waals surface area contributed by atoms with E-state index in [1.807, 2.05) is 0 Å². The van der Waals surface area contributed by atoms with E-state index < -0.39 is 28.2 Å². The molecule has 2 aromatic carbocycles. The summed E-state index contributed by atoms with van der Waals surface area (Å²) in [6.45, 7) is 2.00. The summed E-state index contributed by atoms with van der Waals surface area (Å²) in [7, 11) is -3.59. The average Bonchev–Trinajstić information content (AvgIpc) is 2.96. The summed E-state index contributed by atoms with van der Waals surface area (Å²) >= 11 is 0. The van der Waals surface area contributed by atoms with Gasteiger partial charge in [-0.1, -0.05) is 19.1 Å². The minimum atomic E-state index is -3.59. The maximum atomic E-state index is 12.4. The van der Waals surface area contributed by atoms with Crippen LogP contribution in [0.25, 0.3) is 0 Å². The zero-order valence-corrected chi connectivity index (χ0v) is 16.2. The number of carbonyl (C=O) groups excluding carboxylic acids is 2. The molecule has 0 N–H and O–H groups in total. The zero-order chi connectivity index (χ0) is 20.1. The maximum Gasteiger partial charge on any atom is 0.339 e. The lowest BCUT2D eigenvalue weighted by atomic mass is 10.1. The Morgan fingerprint density at radius 1 is 1.04 bits per heavy atom. The molecule has 28 heavy (non-hydrogen) atoms. The molecule has 0 aromatic heterocycles. The molecule has 0 saturated heterocycles. The van der Waals surface area contributed by atoms with Crippen molar-refractivity contribution in [2.45, 2.75) is 18.2 Å². The van der Waals surface area contributed by atoms with E-state index in [9.17, 15) is 18.0 Å². The zero-order valence-electron chi connectivity index (χ0n) is 15.3. The normalized spacial score (nSPS) is 13.5. The van der Waals surface area contributed by atoms with E-state index in [4.69, 9.17) is 14.2 Å². The Balaban J connectivity index is 1.72. The molecule has 1 aliphatic heterocycles. The largest absolute Gasteiger partial charge is 0.490 e. The van der Waals surface area contributed by atoms with Crippen LogP contribution >= 0.6 is 0 Å². The van der Waals surface area contributed by atoms with E-state index in [1.54, 1.807) is 18.2 Å². The van der Waals surface area contributed by atoms with Crippen molar-refractivity contribution in [3.63, 3.8) is 0 Å². The van der Waals surface area contributed by atoms with Crippen LogP contribution in [0.1, 0.15) is 34.1 Å². The molecule has 0 bridgehead atoms.